The second kappa shape index (κ2) is 7.71. The van der Waals surface area contributed by atoms with Gasteiger partial charge >= 0.3 is 12.3 Å². The van der Waals surface area contributed by atoms with E-state index in [0.29, 0.717) is 5.69 Å². The highest BCUT2D eigenvalue weighted by molar-refractivity contribution is 5.99. The molecule has 1 atom stereocenters. The van der Waals surface area contributed by atoms with Crippen molar-refractivity contribution in [2.24, 2.45) is 5.92 Å². The van der Waals surface area contributed by atoms with Gasteiger partial charge in [0, 0.05) is 17.4 Å². The zero-order chi connectivity index (χ0) is 20.3. The van der Waals surface area contributed by atoms with Crippen LogP contribution in [0, 0.1) is 5.92 Å². The van der Waals surface area contributed by atoms with E-state index in [1.165, 1.54) is 18.2 Å². The van der Waals surface area contributed by atoms with E-state index in [9.17, 15) is 18.4 Å². The predicted octanol–water partition coefficient (Wildman–Crippen LogP) is 3.79. The Kier molecular flexibility index (Phi) is 5.34. The second-order valence-electron chi connectivity index (χ2n) is 6.50. The van der Waals surface area contributed by atoms with Gasteiger partial charge in [-0.3, -0.25) is 4.79 Å². The van der Waals surface area contributed by atoms with Gasteiger partial charge in [0.15, 0.2) is 11.5 Å². The average molecular weight is 391 g/mol. The van der Waals surface area contributed by atoms with Gasteiger partial charge in [-0.2, -0.15) is 0 Å². The van der Waals surface area contributed by atoms with Gasteiger partial charge in [-0.1, -0.05) is 32.0 Å². The molecule has 9 heteroatoms. The molecule has 0 spiro atoms. The minimum atomic E-state index is -3.73. The number of rotatable bonds is 5. The Morgan fingerprint density at radius 2 is 1.61 bits per heavy atom. The zero-order valence-electron chi connectivity index (χ0n) is 15.2. The van der Waals surface area contributed by atoms with E-state index < -0.39 is 24.3 Å². The topological polar surface area (TPSA) is 88.7 Å². The molecule has 3 N–H and O–H groups in total. The Hall–Kier alpha value is -3.36. The first-order valence-corrected chi connectivity index (χ1v) is 8.57. The number of anilines is 2. The highest BCUT2D eigenvalue weighted by Gasteiger charge is 2.43. The number of hydrogen-bond donors (Lipinski definition) is 3. The minimum absolute atomic E-state index is 0.122. The predicted molar refractivity (Wildman–Crippen MR) is 98.5 cm³/mol. The largest absolute Gasteiger partial charge is 0.586 e. The van der Waals surface area contributed by atoms with Crippen LogP contribution >= 0.6 is 0 Å². The van der Waals surface area contributed by atoms with E-state index >= 15 is 0 Å². The lowest BCUT2D eigenvalue weighted by atomic mass is 10.0. The van der Waals surface area contributed by atoms with E-state index in [4.69, 9.17) is 0 Å². The van der Waals surface area contributed by atoms with Crippen LogP contribution in [0.5, 0.6) is 11.5 Å². The molecular weight excluding hydrogens is 372 g/mol. The molecule has 7 nitrogen and oxygen atoms in total. The molecule has 0 aromatic heterocycles. The van der Waals surface area contributed by atoms with Crippen molar-refractivity contribution in [1.82, 2.24) is 5.32 Å². The maximum atomic E-state index is 13.1. The lowest BCUT2D eigenvalue weighted by molar-refractivity contribution is -0.286. The summed E-state index contributed by atoms with van der Waals surface area (Å²) in [6, 6.07) is 11.3. The number of fused-ring (bicyclic) bond motifs is 1. The number of nitrogens with one attached hydrogen (secondary N) is 3. The third-order valence-electron chi connectivity index (χ3n) is 3.94. The summed E-state index contributed by atoms with van der Waals surface area (Å²) in [5.41, 5.74) is 0.820. The lowest BCUT2D eigenvalue weighted by Gasteiger charge is -2.22. The summed E-state index contributed by atoms with van der Waals surface area (Å²) in [6.07, 6.45) is -3.73. The molecule has 148 valence electrons. The Bertz CT molecular complexity index is 875. The number of amides is 3. The number of hydrogen-bond acceptors (Lipinski definition) is 4. The van der Waals surface area contributed by atoms with Crippen LogP contribution in [0.15, 0.2) is 48.5 Å². The van der Waals surface area contributed by atoms with Crippen LogP contribution in [-0.4, -0.2) is 24.3 Å². The van der Waals surface area contributed by atoms with Gasteiger partial charge in [0.2, 0.25) is 5.91 Å². The molecule has 3 amide bonds. The summed E-state index contributed by atoms with van der Waals surface area (Å²) in [4.78, 5) is 24.8. The van der Waals surface area contributed by atoms with E-state index in [1.807, 2.05) is 6.07 Å². The number of carbonyl (C=O) groups excluding carboxylic acids is 2. The van der Waals surface area contributed by atoms with Crippen molar-refractivity contribution in [3.05, 3.63) is 48.5 Å². The molecule has 0 bridgehead atoms. The van der Waals surface area contributed by atoms with E-state index in [0.717, 1.165) is 0 Å². The molecule has 1 aliphatic heterocycles. The van der Waals surface area contributed by atoms with Crippen LogP contribution in [0.4, 0.5) is 25.0 Å². The van der Waals surface area contributed by atoms with Gasteiger partial charge in [-0.05, 0) is 30.2 Å². The number of alkyl halides is 2. The molecule has 1 heterocycles. The molecule has 28 heavy (non-hydrogen) atoms. The maximum Gasteiger partial charge on any atom is 0.586 e. The normalized spacial score (nSPS) is 15.0. The third-order valence-corrected chi connectivity index (χ3v) is 3.94. The lowest BCUT2D eigenvalue weighted by Crippen LogP contribution is -2.48. The van der Waals surface area contributed by atoms with Crippen molar-refractivity contribution in [2.75, 3.05) is 10.6 Å². The fourth-order valence-electron chi connectivity index (χ4n) is 2.61. The molecule has 0 saturated carbocycles. The zero-order valence-corrected chi connectivity index (χ0v) is 15.2. The molecule has 2 aromatic rings. The summed E-state index contributed by atoms with van der Waals surface area (Å²) in [5, 5.41) is 7.84. The highest BCUT2D eigenvalue weighted by atomic mass is 19.3. The number of ether oxygens (including phenoxy) is 2. The third kappa shape index (κ3) is 4.67. The van der Waals surface area contributed by atoms with Gasteiger partial charge in [-0.25, -0.2) is 4.79 Å². The van der Waals surface area contributed by atoms with Gasteiger partial charge in [0.25, 0.3) is 0 Å². The van der Waals surface area contributed by atoms with E-state index in [-0.39, 0.29) is 23.1 Å². The van der Waals surface area contributed by atoms with Crippen LogP contribution in [0.2, 0.25) is 0 Å². The molecule has 0 saturated heterocycles. The fourth-order valence-corrected chi connectivity index (χ4v) is 2.61. The van der Waals surface area contributed by atoms with Crippen molar-refractivity contribution >= 4 is 23.3 Å². The molecular formula is C19H19F2N3O4. The van der Waals surface area contributed by atoms with Crippen molar-refractivity contribution < 1.29 is 27.8 Å². The molecule has 1 aliphatic rings. The number of halogens is 2. The standard InChI is InChI=1S/C19H19F2N3O4/c1-11(2)16(24-18(26)23-12-6-4-3-5-7-12)17(25)22-13-8-9-14-15(10-13)28-19(20,21)27-14/h3-11,16H,1-2H3,(H,22,25)(H2,23,24,26)/t16-/m0/s1. The van der Waals surface area contributed by atoms with Crippen molar-refractivity contribution in [1.29, 1.82) is 0 Å². The monoisotopic (exact) mass is 391 g/mol. The van der Waals surface area contributed by atoms with Crippen molar-refractivity contribution in [3.8, 4) is 11.5 Å². The van der Waals surface area contributed by atoms with Gasteiger partial charge in [0.05, 0.1) is 0 Å². The average Bonchev–Trinajstić information content (AvgIpc) is 2.93. The van der Waals surface area contributed by atoms with Crippen molar-refractivity contribution in [2.45, 2.75) is 26.2 Å². The van der Waals surface area contributed by atoms with E-state index in [1.54, 1.807) is 38.1 Å². The van der Waals surface area contributed by atoms with Crippen LogP contribution in [0.1, 0.15) is 13.8 Å². The minimum Gasteiger partial charge on any atom is -0.395 e. The first-order valence-electron chi connectivity index (χ1n) is 8.57. The SMILES string of the molecule is CC(C)[C@H](NC(=O)Nc1ccccc1)C(=O)Nc1ccc2c(c1)OC(F)(F)O2. The number of benzene rings is 2. The van der Waals surface area contributed by atoms with E-state index in [2.05, 4.69) is 25.4 Å². The molecule has 0 fully saturated rings. The number of para-hydroxylation sites is 1. The van der Waals surface area contributed by atoms with Gasteiger partial charge in [-0.15, -0.1) is 8.78 Å². The molecule has 3 rings (SSSR count). The quantitative estimate of drug-likeness (QED) is 0.724. The summed E-state index contributed by atoms with van der Waals surface area (Å²) in [7, 11) is 0. The Morgan fingerprint density at radius 1 is 0.929 bits per heavy atom. The first-order chi connectivity index (χ1) is 13.2. The second-order valence-corrected chi connectivity index (χ2v) is 6.50. The summed E-state index contributed by atoms with van der Waals surface area (Å²) >= 11 is 0. The Morgan fingerprint density at radius 3 is 2.29 bits per heavy atom. The molecule has 2 aromatic carbocycles. The van der Waals surface area contributed by atoms with Gasteiger partial charge in [0.1, 0.15) is 6.04 Å². The number of urea groups is 1. The smallest absolute Gasteiger partial charge is 0.395 e. The van der Waals surface area contributed by atoms with Crippen molar-refractivity contribution in [3.63, 3.8) is 0 Å². The van der Waals surface area contributed by atoms with Crippen LogP contribution < -0.4 is 25.4 Å². The Labute approximate surface area is 160 Å². The summed E-state index contributed by atoms with van der Waals surface area (Å²) in [5.74, 6) is -1.02. The Balaban J connectivity index is 1.64. The maximum absolute atomic E-state index is 13.1. The summed E-state index contributed by atoms with van der Waals surface area (Å²) < 4.78 is 34.9. The molecule has 0 aliphatic carbocycles. The van der Waals surface area contributed by atoms with Crippen LogP contribution in [0.25, 0.3) is 0 Å². The van der Waals surface area contributed by atoms with Crippen LogP contribution in [0.3, 0.4) is 0 Å². The first kappa shape index (κ1) is 19.4. The number of carbonyl (C=O) groups is 2. The van der Waals surface area contributed by atoms with Gasteiger partial charge < -0.3 is 25.4 Å². The summed E-state index contributed by atoms with van der Waals surface area (Å²) in [6.45, 7) is 3.54. The molecule has 0 unspecified atom stereocenters. The molecule has 0 radical (unpaired) electrons. The fraction of sp³-hybridized carbons (Fsp3) is 0.263. The van der Waals surface area contributed by atoms with Crippen LogP contribution in [-0.2, 0) is 4.79 Å². The highest BCUT2D eigenvalue weighted by Crippen LogP contribution is 2.42.